The van der Waals surface area contributed by atoms with Gasteiger partial charge in [-0.3, -0.25) is 0 Å². The second-order valence-electron chi connectivity index (χ2n) is 7.38. The highest BCUT2D eigenvalue weighted by molar-refractivity contribution is 5.61. The van der Waals surface area contributed by atoms with Crippen LogP contribution in [0.1, 0.15) is 12.5 Å². The molecule has 5 nitrogen and oxygen atoms in total. The van der Waals surface area contributed by atoms with Gasteiger partial charge in [0, 0.05) is 44.4 Å². The van der Waals surface area contributed by atoms with Gasteiger partial charge in [-0.15, -0.1) is 0 Å². The maximum atomic E-state index is 4.90. The van der Waals surface area contributed by atoms with Crippen LogP contribution in [-0.4, -0.2) is 54.1 Å². The van der Waals surface area contributed by atoms with Crippen molar-refractivity contribution >= 4 is 11.6 Å². The summed E-state index contributed by atoms with van der Waals surface area (Å²) in [6.07, 6.45) is 0.968. The Bertz CT molecular complexity index is 890. The number of rotatable bonds is 7. The van der Waals surface area contributed by atoms with Crippen molar-refractivity contribution in [1.29, 1.82) is 0 Å². The molecule has 1 aliphatic heterocycles. The monoisotopic (exact) mass is 387 g/mol. The van der Waals surface area contributed by atoms with Gasteiger partial charge in [0.1, 0.15) is 11.6 Å². The minimum atomic E-state index is 0.781. The zero-order chi connectivity index (χ0) is 19.9. The van der Waals surface area contributed by atoms with Crippen LogP contribution in [0.4, 0.5) is 11.6 Å². The predicted octanol–water partition coefficient (Wildman–Crippen LogP) is 3.94. The van der Waals surface area contributed by atoms with Gasteiger partial charge in [-0.2, -0.15) is 0 Å². The lowest BCUT2D eigenvalue weighted by Gasteiger charge is -2.35. The Morgan fingerprint density at radius 1 is 0.862 bits per heavy atom. The van der Waals surface area contributed by atoms with Crippen LogP contribution in [0, 0.1) is 0 Å². The molecule has 3 aromatic rings. The second kappa shape index (κ2) is 9.52. The van der Waals surface area contributed by atoms with E-state index in [-0.39, 0.29) is 0 Å². The number of aromatic nitrogens is 2. The molecule has 1 N–H and O–H groups in total. The Labute approximate surface area is 173 Å². The Balaban J connectivity index is 1.53. The van der Waals surface area contributed by atoms with Gasteiger partial charge in [0.25, 0.3) is 0 Å². The molecule has 1 aromatic heterocycles. The molecule has 0 atom stereocenters. The summed E-state index contributed by atoms with van der Waals surface area (Å²) in [4.78, 5) is 14.6. The largest absolute Gasteiger partial charge is 0.370 e. The summed E-state index contributed by atoms with van der Waals surface area (Å²) in [5.74, 6) is 2.68. The topological polar surface area (TPSA) is 44.3 Å². The summed E-state index contributed by atoms with van der Waals surface area (Å²) in [7, 11) is 0. The molecule has 0 saturated carbocycles. The first-order valence-electron chi connectivity index (χ1n) is 10.5. The number of hydrogen-bond acceptors (Lipinski definition) is 5. The molecule has 1 fully saturated rings. The Kier molecular flexibility index (Phi) is 6.37. The maximum Gasteiger partial charge on any atom is 0.163 e. The van der Waals surface area contributed by atoms with E-state index in [1.165, 1.54) is 5.56 Å². The molecule has 150 valence electrons. The van der Waals surface area contributed by atoms with E-state index in [9.17, 15) is 0 Å². The van der Waals surface area contributed by atoms with Crippen LogP contribution in [0.2, 0.25) is 0 Å². The third kappa shape index (κ3) is 5.12. The summed E-state index contributed by atoms with van der Waals surface area (Å²) in [6, 6.07) is 22.9. The van der Waals surface area contributed by atoms with Crippen LogP contribution in [-0.2, 0) is 6.42 Å². The van der Waals surface area contributed by atoms with E-state index >= 15 is 0 Å². The first kappa shape index (κ1) is 19.4. The van der Waals surface area contributed by atoms with Crippen molar-refractivity contribution < 1.29 is 0 Å². The number of hydrogen-bond donors (Lipinski definition) is 1. The highest BCUT2D eigenvalue weighted by Gasteiger charge is 2.18. The molecule has 5 heteroatoms. The molecule has 4 rings (SSSR count). The van der Waals surface area contributed by atoms with Crippen LogP contribution in [0.5, 0.6) is 0 Å². The van der Waals surface area contributed by atoms with Gasteiger partial charge in [-0.05, 0) is 18.5 Å². The van der Waals surface area contributed by atoms with Crippen molar-refractivity contribution in [2.75, 3.05) is 49.5 Å². The smallest absolute Gasteiger partial charge is 0.163 e. The van der Waals surface area contributed by atoms with Gasteiger partial charge in [-0.1, -0.05) is 67.6 Å². The lowest BCUT2D eigenvalue weighted by molar-refractivity contribution is 0.270. The fourth-order valence-electron chi connectivity index (χ4n) is 3.68. The van der Waals surface area contributed by atoms with Crippen molar-refractivity contribution in [2.24, 2.45) is 0 Å². The summed E-state index contributed by atoms with van der Waals surface area (Å²) < 4.78 is 0. The number of nitrogens with one attached hydrogen (secondary N) is 1. The standard InChI is InChI=1S/C24H29N5/c1-2-28-15-17-29(18-16-28)23-19-22(25-14-13-20-9-5-3-6-10-20)26-24(27-23)21-11-7-4-8-12-21/h3-12,19H,2,13-18H2,1H3,(H,25,26,27). The van der Waals surface area contributed by atoms with Gasteiger partial charge in [0.05, 0.1) is 0 Å². The van der Waals surface area contributed by atoms with Crippen molar-refractivity contribution in [1.82, 2.24) is 14.9 Å². The van der Waals surface area contributed by atoms with Crippen LogP contribution in [0.15, 0.2) is 66.7 Å². The minimum Gasteiger partial charge on any atom is -0.370 e. The summed E-state index contributed by atoms with van der Waals surface area (Å²) in [6.45, 7) is 8.35. The second-order valence-corrected chi connectivity index (χ2v) is 7.38. The number of anilines is 2. The highest BCUT2D eigenvalue weighted by Crippen LogP contribution is 2.23. The van der Waals surface area contributed by atoms with Gasteiger partial charge < -0.3 is 15.1 Å². The average Bonchev–Trinajstić information content (AvgIpc) is 2.80. The SMILES string of the molecule is CCN1CCN(c2cc(NCCc3ccccc3)nc(-c3ccccc3)n2)CC1. The van der Waals surface area contributed by atoms with Crippen LogP contribution < -0.4 is 10.2 Å². The summed E-state index contributed by atoms with van der Waals surface area (Å²) in [5, 5.41) is 3.51. The molecule has 2 aromatic carbocycles. The fourth-order valence-corrected chi connectivity index (χ4v) is 3.68. The molecule has 0 aliphatic carbocycles. The number of benzene rings is 2. The van der Waals surface area contributed by atoms with E-state index in [0.717, 1.165) is 68.7 Å². The van der Waals surface area contributed by atoms with Gasteiger partial charge in [0.2, 0.25) is 0 Å². The van der Waals surface area contributed by atoms with Gasteiger partial charge >= 0.3 is 0 Å². The average molecular weight is 388 g/mol. The normalized spacial score (nSPS) is 14.7. The fraction of sp³-hybridized carbons (Fsp3) is 0.333. The van der Waals surface area contributed by atoms with E-state index in [2.05, 4.69) is 70.6 Å². The summed E-state index contributed by atoms with van der Waals surface area (Å²) in [5.41, 5.74) is 2.38. The molecule has 1 saturated heterocycles. The molecule has 0 radical (unpaired) electrons. The Morgan fingerprint density at radius 3 is 2.24 bits per heavy atom. The van der Waals surface area contributed by atoms with Crippen molar-refractivity contribution in [2.45, 2.75) is 13.3 Å². The molecule has 0 bridgehead atoms. The molecule has 0 amide bonds. The van der Waals surface area contributed by atoms with Crippen molar-refractivity contribution in [3.63, 3.8) is 0 Å². The number of likely N-dealkylation sites (N-methyl/N-ethyl adjacent to an activating group) is 1. The Hall–Kier alpha value is -2.92. The van der Waals surface area contributed by atoms with Crippen molar-refractivity contribution in [3.8, 4) is 11.4 Å². The quantitative estimate of drug-likeness (QED) is 0.665. The van der Waals surface area contributed by atoms with E-state index in [1.807, 2.05) is 18.2 Å². The molecule has 0 unspecified atom stereocenters. The predicted molar refractivity (Wildman–Crippen MR) is 120 cm³/mol. The third-order valence-corrected chi connectivity index (χ3v) is 5.45. The maximum absolute atomic E-state index is 4.90. The van der Waals surface area contributed by atoms with Crippen LogP contribution in [0.25, 0.3) is 11.4 Å². The zero-order valence-electron chi connectivity index (χ0n) is 17.1. The minimum absolute atomic E-state index is 0.781. The lowest BCUT2D eigenvalue weighted by atomic mass is 10.1. The molecule has 0 spiro atoms. The number of piperazine rings is 1. The van der Waals surface area contributed by atoms with Crippen LogP contribution >= 0.6 is 0 Å². The first-order valence-corrected chi connectivity index (χ1v) is 10.5. The molecule has 2 heterocycles. The van der Waals surface area contributed by atoms with E-state index in [4.69, 9.17) is 9.97 Å². The molecule has 29 heavy (non-hydrogen) atoms. The van der Waals surface area contributed by atoms with Gasteiger partial charge in [0.15, 0.2) is 5.82 Å². The molecular formula is C24H29N5. The lowest BCUT2D eigenvalue weighted by Crippen LogP contribution is -2.46. The summed E-state index contributed by atoms with van der Waals surface area (Å²) >= 11 is 0. The molecular weight excluding hydrogens is 358 g/mol. The van der Waals surface area contributed by atoms with E-state index in [0.29, 0.717) is 0 Å². The van der Waals surface area contributed by atoms with E-state index in [1.54, 1.807) is 0 Å². The highest BCUT2D eigenvalue weighted by atomic mass is 15.3. The molecule has 1 aliphatic rings. The first-order chi connectivity index (χ1) is 14.3. The van der Waals surface area contributed by atoms with Crippen LogP contribution in [0.3, 0.4) is 0 Å². The Morgan fingerprint density at radius 2 is 1.55 bits per heavy atom. The van der Waals surface area contributed by atoms with Crippen molar-refractivity contribution in [3.05, 3.63) is 72.3 Å². The van der Waals surface area contributed by atoms with E-state index < -0.39 is 0 Å². The third-order valence-electron chi connectivity index (χ3n) is 5.45. The zero-order valence-corrected chi connectivity index (χ0v) is 17.1. The van der Waals surface area contributed by atoms with Gasteiger partial charge in [-0.25, -0.2) is 9.97 Å². The number of nitrogens with zero attached hydrogens (tertiary/aromatic N) is 4.